The topological polar surface area (TPSA) is 63.1 Å². The summed E-state index contributed by atoms with van der Waals surface area (Å²) in [6, 6.07) is 0. The predicted molar refractivity (Wildman–Crippen MR) is 61.0 cm³/mol. The lowest BCUT2D eigenvalue weighted by atomic mass is 10.3. The molecule has 0 bridgehead atoms. The molecule has 0 aromatic carbocycles. The number of allylic oxidation sites excluding steroid dienone is 1. The molecule has 1 heterocycles. The minimum Gasteiger partial charge on any atom is -0.372 e. The van der Waals surface area contributed by atoms with Gasteiger partial charge in [0.1, 0.15) is 0 Å². The van der Waals surface area contributed by atoms with E-state index in [0.717, 1.165) is 0 Å². The van der Waals surface area contributed by atoms with Gasteiger partial charge in [-0.25, -0.2) is 9.59 Å². The van der Waals surface area contributed by atoms with Gasteiger partial charge >= 0.3 is 11.4 Å². The monoisotopic (exact) mass is 209 g/mol. The molecular weight excluding hydrogens is 194 g/mol. The lowest BCUT2D eigenvalue weighted by Crippen LogP contribution is -2.44. The molecule has 0 unspecified atom stereocenters. The van der Waals surface area contributed by atoms with Gasteiger partial charge in [-0.05, 0) is 13.0 Å². The molecule has 1 N–H and O–H groups in total. The highest BCUT2D eigenvalue weighted by Crippen LogP contribution is 1.60. The maximum atomic E-state index is 11.1. The summed E-state index contributed by atoms with van der Waals surface area (Å²) in [4.78, 5) is 24.3. The van der Waals surface area contributed by atoms with Gasteiger partial charge < -0.3 is 4.42 Å². The van der Waals surface area contributed by atoms with Crippen molar-refractivity contribution in [3.05, 3.63) is 44.2 Å². The van der Waals surface area contributed by atoms with Gasteiger partial charge in [-0.1, -0.05) is 32.6 Å². The third-order valence-electron chi connectivity index (χ3n) is 1.51. The van der Waals surface area contributed by atoms with Crippen LogP contribution in [0.4, 0.5) is 0 Å². The van der Waals surface area contributed by atoms with E-state index in [1.807, 2.05) is 13.8 Å². The van der Waals surface area contributed by atoms with Crippen molar-refractivity contribution in [2.45, 2.75) is 20.8 Å². The first-order valence-electron chi connectivity index (χ1n) is 4.71. The van der Waals surface area contributed by atoms with E-state index >= 15 is 0 Å². The highest BCUT2D eigenvalue weighted by Gasteiger charge is 1.94. The number of aromatic nitrogens is 1. The standard InChI is InChI=1S/C9H9NO3.C2H6/c1-3-5-6-7(4-2)10-9(12)13-8(6)11;1-2/h3-5H,1H2,2H3,(H,10,12);1-2H3/b6-5+,7-4+;. The van der Waals surface area contributed by atoms with E-state index < -0.39 is 11.4 Å². The van der Waals surface area contributed by atoms with Crippen molar-refractivity contribution in [1.82, 2.24) is 4.98 Å². The van der Waals surface area contributed by atoms with Crippen LogP contribution in [-0.4, -0.2) is 4.98 Å². The van der Waals surface area contributed by atoms with Crippen LogP contribution in [-0.2, 0) is 0 Å². The molecule has 1 aromatic rings. The first kappa shape index (κ1) is 13.2. The van der Waals surface area contributed by atoms with Gasteiger partial charge in [-0.15, -0.1) is 0 Å². The predicted octanol–water partition coefficient (Wildman–Crippen LogP) is 0.121. The van der Waals surface area contributed by atoms with Crippen molar-refractivity contribution in [2.75, 3.05) is 0 Å². The molecular formula is C11H15NO3. The second kappa shape index (κ2) is 6.59. The fourth-order valence-electron chi connectivity index (χ4n) is 0.955. The van der Waals surface area contributed by atoms with Crippen LogP contribution in [0.2, 0.25) is 0 Å². The lowest BCUT2D eigenvalue weighted by Gasteiger charge is -1.85. The van der Waals surface area contributed by atoms with Crippen molar-refractivity contribution in [2.24, 2.45) is 0 Å². The van der Waals surface area contributed by atoms with Crippen LogP contribution in [0.15, 0.2) is 26.7 Å². The molecule has 0 radical (unpaired) electrons. The Labute approximate surface area is 87.3 Å². The fourth-order valence-corrected chi connectivity index (χ4v) is 0.955. The van der Waals surface area contributed by atoms with Crippen molar-refractivity contribution < 1.29 is 4.42 Å². The zero-order valence-electron chi connectivity index (χ0n) is 9.16. The third kappa shape index (κ3) is 3.42. The summed E-state index contributed by atoms with van der Waals surface area (Å²) in [6.45, 7) is 9.17. The summed E-state index contributed by atoms with van der Waals surface area (Å²) in [7, 11) is 0. The van der Waals surface area contributed by atoms with Crippen LogP contribution in [0.5, 0.6) is 0 Å². The third-order valence-corrected chi connectivity index (χ3v) is 1.51. The van der Waals surface area contributed by atoms with Gasteiger partial charge in [-0.2, -0.15) is 0 Å². The first-order chi connectivity index (χ1) is 7.19. The van der Waals surface area contributed by atoms with Crippen molar-refractivity contribution in [1.29, 1.82) is 0 Å². The summed E-state index contributed by atoms with van der Waals surface area (Å²) in [6.07, 6.45) is 4.56. The molecule has 15 heavy (non-hydrogen) atoms. The molecule has 4 heteroatoms. The van der Waals surface area contributed by atoms with Crippen molar-refractivity contribution >= 4 is 12.2 Å². The van der Waals surface area contributed by atoms with Crippen LogP contribution in [0.3, 0.4) is 0 Å². The molecule has 0 spiro atoms. The Morgan fingerprint density at radius 1 is 1.33 bits per heavy atom. The van der Waals surface area contributed by atoms with E-state index in [2.05, 4.69) is 16.0 Å². The minimum atomic E-state index is -0.751. The van der Waals surface area contributed by atoms with Gasteiger partial charge in [0.05, 0.1) is 10.6 Å². The van der Waals surface area contributed by atoms with E-state index in [1.54, 1.807) is 13.0 Å². The van der Waals surface area contributed by atoms with Crippen molar-refractivity contribution in [3.8, 4) is 0 Å². The number of hydrogen-bond donors (Lipinski definition) is 1. The van der Waals surface area contributed by atoms with E-state index in [4.69, 9.17) is 0 Å². The summed E-state index contributed by atoms with van der Waals surface area (Å²) in [5.74, 6) is -0.751. The Balaban J connectivity index is 0.000000921. The number of nitrogens with one attached hydrogen (secondary N) is 1. The Bertz CT molecular complexity index is 534. The van der Waals surface area contributed by atoms with E-state index in [0.29, 0.717) is 10.6 Å². The largest absolute Gasteiger partial charge is 0.419 e. The van der Waals surface area contributed by atoms with E-state index in [-0.39, 0.29) is 0 Å². The van der Waals surface area contributed by atoms with E-state index in [1.165, 1.54) is 12.2 Å². The second-order valence-electron chi connectivity index (χ2n) is 2.32. The van der Waals surface area contributed by atoms with Gasteiger partial charge in [0.25, 0.3) is 0 Å². The number of aromatic amines is 1. The maximum absolute atomic E-state index is 11.1. The van der Waals surface area contributed by atoms with Crippen molar-refractivity contribution in [3.63, 3.8) is 0 Å². The summed E-state index contributed by atoms with van der Waals surface area (Å²) in [5, 5.41) is 0.748. The Hall–Kier alpha value is -1.84. The summed E-state index contributed by atoms with van der Waals surface area (Å²) < 4.78 is 4.34. The maximum Gasteiger partial charge on any atom is 0.419 e. The molecule has 0 aliphatic carbocycles. The highest BCUT2D eigenvalue weighted by molar-refractivity contribution is 5.34. The van der Waals surface area contributed by atoms with Gasteiger partial charge in [0.15, 0.2) is 0 Å². The lowest BCUT2D eigenvalue weighted by molar-refractivity contribution is 0.440. The molecule has 82 valence electrons. The van der Waals surface area contributed by atoms with Crippen LogP contribution in [0, 0.1) is 0 Å². The molecule has 1 rings (SSSR count). The van der Waals surface area contributed by atoms with Gasteiger partial charge in [0.2, 0.25) is 0 Å². The molecule has 0 amide bonds. The fraction of sp³-hybridized carbons (Fsp3) is 0.273. The van der Waals surface area contributed by atoms with Crippen LogP contribution < -0.4 is 21.9 Å². The zero-order chi connectivity index (χ0) is 11.8. The average molecular weight is 209 g/mol. The molecule has 0 saturated carbocycles. The molecule has 0 aliphatic rings. The number of H-pyrrole nitrogens is 1. The first-order valence-corrected chi connectivity index (χ1v) is 4.71. The SMILES string of the molecule is C=C/C=c1/c(=O)oc(=O)[nH]/c1=C/C.CC. The van der Waals surface area contributed by atoms with Crippen LogP contribution in [0.25, 0.3) is 12.2 Å². The zero-order valence-corrected chi connectivity index (χ0v) is 9.16. The number of hydrogen-bond acceptors (Lipinski definition) is 3. The Morgan fingerprint density at radius 3 is 2.40 bits per heavy atom. The quantitative estimate of drug-likeness (QED) is 0.714. The van der Waals surface area contributed by atoms with Gasteiger partial charge in [-0.3, -0.25) is 4.98 Å². The van der Waals surface area contributed by atoms with Crippen LogP contribution in [0.1, 0.15) is 20.8 Å². The molecule has 4 nitrogen and oxygen atoms in total. The average Bonchev–Trinajstić information content (AvgIpc) is 2.24. The van der Waals surface area contributed by atoms with Gasteiger partial charge in [0, 0.05) is 0 Å². The molecule has 0 atom stereocenters. The second-order valence-corrected chi connectivity index (χ2v) is 2.32. The van der Waals surface area contributed by atoms with Crippen LogP contribution >= 0.6 is 0 Å². The number of rotatable bonds is 1. The molecule has 0 saturated heterocycles. The Morgan fingerprint density at radius 2 is 1.93 bits per heavy atom. The molecule has 1 aromatic heterocycles. The Kier molecular flexibility index (Phi) is 5.78. The molecule has 0 fully saturated rings. The van der Waals surface area contributed by atoms with E-state index in [9.17, 15) is 9.59 Å². The summed E-state index contributed by atoms with van der Waals surface area (Å²) >= 11 is 0. The normalized spacial score (nSPS) is 11.9. The summed E-state index contributed by atoms with van der Waals surface area (Å²) in [5.41, 5.74) is -0.656. The minimum absolute atomic E-state index is 0.303. The highest BCUT2D eigenvalue weighted by atomic mass is 16.4. The smallest absolute Gasteiger partial charge is 0.372 e. The molecule has 0 aliphatic heterocycles.